The molecule has 1 spiro atoms. The van der Waals surface area contributed by atoms with Crippen LogP contribution in [0.4, 0.5) is 21.6 Å². The van der Waals surface area contributed by atoms with Gasteiger partial charge in [0.15, 0.2) is 5.75 Å². The van der Waals surface area contributed by atoms with Crippen LogP contribution in [0.15, 0.2) is 90.2 Å². The first-order valence-corrected chi connectivity index (χ1v) is 27.5. The number of nitrogens with zero attached hydrogens (tertiary/aromatic N) is 7. The standard InChI is InChI=1S/C55H65FN10O9S/c1-34(2)40-7-5-6-8-41(40)46-33-63(32-36-13-18-57-49(67)23-36)21-22-65(46)38-27-55(28-38)16-19-64(20-17-55)37-9-10-42(47(24-37)75-48-26-43-44(56)31-60-50(43)61-53(48)74-4)52(68)62-76(72,73)39-25-45(66(70)71)51(59-30-39)58-29-35-11-14-54(3,69)15-12-35/h5-10,13,18,23-26,30-31,34-35,38,46,69H,11-12,14-17,19-22,27-29,32-33H2,1-4H3,(H,57,67)(H,58,59)(H,60,61)(H,62,68)/t35?,46-,54?/m0/s1. The van der Waals surface area contributed by atoms with Crippen molar-refractivity contribution >= 4 is 44.2 Å². The van der Waals surface area contributed by atoms with Gasteiger partial charge >= 0.3 is 5.69 Å². The van der Waals surface area contributed by atoms with Gasteiger partial charge in [0.05, 0.1) is 34.8 Å². The number of benzene rings is 2. The lowest BCUT2D eigenvalue weighted by atomic mass is 9.59. The number of methoxy groups -OCH3 is 1. The number of amides is 1. The first-order valence-electron chi connectivity index (χ1n) is 26.0. The molecule has 2 aromatic carbocycles. The minimum atomic E-state index is -4.75. The number of aromatic hydroxyl groups is 1. The number of sulfonamides is 1. The van der Waals surface area contributed by atoms with E-state index >= 15 is 0 Å². The molecule has 2 saturated heterocycles. The average molecular weight is 1060 g/mol. The van der Waals surface area contributed by atoms with Crippen molar-refractivity contribution in [1.29, 1.82) is 0 Å². The average Bonchev–Trinajstić information content (AvgIpc) is 3.76. The van der Waals surface area contributed by atoms with E-state index in [1.807, 2.05) is 6.07 Å². The lowest BCUT2D eigenvalue weighted by Gasteiger charge is -2.58. The number of piperazine rings is 1. The molecule has 6 aromatic rings. The largest absolute Gasteiger partial charge is 0.493 e. The number of carbonyl (C=O) groups is 1. The molecule has 1 atom stereocenters. The van der Waals surface area contributed by atoms with Crippen molar-refractivity contribution in [3.05, 3.63) is 124 Å². The Morgan fingerprint density at radius 1 is 1.00 bits per heavy atom. The predicted molar refractivity (Wildman–Crippen MR) is 284 cm³/mol. The maximum Gasteiger partial charge on any atom is 0.312 e. The number of piperidine rings is 1. The van der Waals surface area contributed by atoms with E-state index in [0.717, 1.165) is 75.9 Å². The van der Waals surface area contributed by atoms with Crippen molar-refractivity contribution in [3.63, 3.8) is 0 Å². The number of nitrogens with one attached hydrogen (secondary N) is 3. The number of rotatable bonds is 16. The number of nitro groups is 1. The number of H-pyrrole nitrogens is 1. The zero-order valence-corrected chi connectivity index (χ0v) is 44.0. The summed E-state index contributed by atoms with van der Waals surface area (Å²) in [5.41, 5.74) is 3.27. The van der Waals surface area contributed by atoms with Crippen molar-refractivity contribution < 1.29 is 42.2 Å². The number of aromatic nitrogens is 4. The minimum absolute atomic E-state index is 0.0222. The predicted octanol–water partition coefficient (Wildman–Crippen LogP) is 8.81. The third kappa shape index (κ3) is 11.1. The number of pyridine rings is 3. The van der Waals surface area contributed by atoms with Gasteiger partial charge in [0, 0.05) is 100 Å². The molecular weight excluding hydrogens is 996 g/mol. The van der Waals surface area contributed by atoms with E-state index < -0.39 is 42.9 Å². The number of anilines is 2. The summed E-state index contributed by atoms with van der Waals surface area (Å²) in [6.07, 6.45) is 10.3. The first kappa shape index (κ1) is 52.5. The minimum Gasteiger partial charge on any atom is -0.493 e. The Labute approximate surface area is 441 Å². The van der Waals surface area contributed by atoms with Crippen LogP contribution in [0.5, 0.6) is 23.3 Å². The van der Waals surface area contributed by atoms with Gasteiger partial charge in [0.1, 0.15) is 22.1 Å². The molecule has 19 nitrogen and oxygen atoms in total. The fourth-order valence-electron chi connectivity index (χ4n) is 11.8. The Kier molecular flexibility index (Phi) is 14.7. The van der Waals surface area contributed by atoms with E-state index in [1.165, 1.54) is 30.4 Å². The summed E-state index contributed by atoms with van der Waals surface area (Å²) in [7, 11) is -3.38. The monoisotopic (exact) mass is 1060 g/mol. The van der Waals surface area contributed by atoms with Crippen LogP contribution in [0.3, 0.4) is 0 Å². The first-order chi connectivity index (χ1) is 36.4. The quantitative estimate of drug-likeness (QED) is 0.0449. The zero-order chi connectivity index (χ0) is 53.5. The summed E-state index contributed by atoms with van der Waals surface area (Å²) in [5, 5.41) is 35.7. The van der Waals surface area contributed by atoms with Gasteiger partial charge in [0.25, 0.3) is 21.8 Å². The van der Waals surface area contributed by atoms with E-state index in [1.54, 1.807) is 31.3 Å². The van der Waals surface area contributed by atoms with E-state index in [9.17, 15) is 37.9 Å². The molecule has 2 aliphatic heterocycles. The molecule has 2 saturated carbocycles. The number of aromatic amines is 1. The molecule has 0 bridgehead atoms. The highest BCUT2D eigenvalue weighted by molar-refractivity contribution is 7.90. The Bertz CT molecular complexity index is 3240. The van der Waals surface area contributed by atoms with E-state index in [4.69, 9.17) is 9.47 Å². The maximum atomic E-state index is 14.9. The second-order valence-corrected chi connectivity index (χ2v) is 23.4. The van der Waals surface area contributed by atoms with Crippen LogP contribution in [0.25, 0.3) is 11.0 Å². The smallest absolute Gasteiger partial charge is 0.312 e. The molecule has 4 fully saturated rings. The van der Waals surface area contributed by atoms with Gasteiger partial charge in [-0.3, -0.25) is 24.7 Å². The number of hydrogen-bond acceptors (Lipinski definition) is 16. The Hall–Kier alpha value is -6.94. The second kappa shape index (κ2) is 21.2. The van der Waals surface area contributed by atoms with Gasteiger partial charge in [-0.1, -0.05) is 38.1 Å². The van der Waals surface area contributed by atoms with Gasteiger partial charge < -0.3 is 34.9 Å². The van der Waals surface area contributed by atoms with E-state index in [2.05, 4.69) is 82.8 Å². The lowest BCUT2D eigenvalue weighted by Crippen LogP contribution is -2.60. The zero-order valence-electron chi connectivity index (χ0n) is 43.2. The lowest BCUT2D eigenvalue weighted by molar-refractivity contribution is -0.384. The van der Waals surface area contributed by atoms with Crippen LogP contribution in [0.2, 0.25) is 0 Å². The summed E-state index contributed by atoms with van der Waals surface area (Å²) in [6, 6.07) is 20.2. The third-order valence-electron chi connectivity index (χ3n) is 16.2. The van der Waals surface area contributed by atoms with Crippen LogP contribution < -0.4 is 24.4 Å². The normalized spacial score (nSPS) is 21.4. The fourth-order valence-corrected chi connectivity index (χ4v) is 12.8. The summed E-state index contributed by atoms with van der Waals surface area (Å²) in [5.74, 6) is -1.41. The van der Waals surface area contributed by atoms with Crippen LogP contribution in [-0.4, -0.2) is 117 Å². The summed E-state index contributed by atoms with van der Waals surface area (Å²) in [6.45, 7) is 11.4. The summed E-state index contributed by atoms with van der Waals surface area (Å²) >= 11 is 0. The van der Waals surface area contributed by atoms with Crippen molar-refractivity contribution in [1.82, 2.24) is 34.5 Å². The van der Waals surface area contributed by atoms with Crippen molar-refractivity contribution in [3.8, 4) is 23.3 Å². The number of carbonyl (C=O) groups excluding carboxylic acids is 1. The van der Waals surface area contributed by atoms with Gasteiger partial charge in [-0.05, 0) is 110 Å². The van der Waals surface area contributed by atoms with Gasteiger partial charge in [0.2, 0.25) is 11.7 Å². The van der Waals surface area contributed by atoms with Gasteiger partial charge in [-0.15, -0.1) is 0 Å². The molecule has 10 rings (SSSR count). The Morgan fingerprint density at radius 2 is 1.76 bits per heavy atom. The number of halogens is 1. The second-order valence-electron chi connectivity index (χ2n) is 21.7. The molecule has 1 amide bonds. The Balaban J connectivity index is 0.859. The summed E-state index contributed by atoms with van der Waals surface area (Å²) < 4.78 is 56.6. The summed E-state index contributed by atoms with van der Waals surface area (Å²) in [4.78, 5) is 47.7. The SMILES string of the molecule is COc1nc2[nH]cc(F)c2cc1Oc1cc(N2CCC3(CC2)CC(N2CCN(Cc4ccnc(O)c4)C[C@H]2c2ccccc2C(C)C)C3)ccc1C(=O)NS(=O)(=O)c1cnc(NCC2CCC(C)(O)CC2)c([N+](=O)[O-])c1. The number of ether oxygens (including phenoxy) is 2. The van der Waals surface area contributed by atoms with Crippen LogP contribution in [0.1, 0.15) is 111 Å². The van der Waals surface area contributed by atoms with Gasteiger partial charge in [-0.25, -0.2) is 27.5 Å². The third-order valence-corrected chi connectivity index (χ3v) is 17.5. The highest BCUT2D eigenvalue weighted by Crippen LogP contribution is 2.53. The molecule has 4 aliphatic rings. The number of hydrogen-bond donors (Lipinski definition) is 5. The van der Waals surface area contributed by atoms with Crippen LogP contribution in [0, 0.1) is 27.3 Å². The van der Waals surface area contributed by atoms with Crippen LogP contribution >= 0.6 is 0 Å². The van der Waals surface area contributed by atoms with Crippen LogP contribution in [-0.2, 0) is 16.6 Å². The topological polar surface area (TPSA) is 242 Å². The highest BCUT2D eigenvalue weighted by atomic mass is 32.2. The maximum absolute atomic E-state index is 14.9. The molecule has 0 unspecified atom stereocenters. The van der Waals surface area contributed by atoms with Crippen molar-refractivity contribution in [2.24, 2.45) is 11.3 Å². The molecule has 6 heterocycles. The molecule has 0 radical (unpaired) electrons. The molecule has 21 heteroatoms. The fraction of sp³-hybridized carbons (Fsp3) is 0.455. The number of fused-ring (bicyclic) bond motifs is 1. The molecular formula is C55H65FN10O9S. The van der Waals surface area contributed by atoms with Gasteiger partial charge in [-0.2, -0.15) is 4.98 Å². The van der Waals surface area contributed by atoms with Crippen molar-refractivity contribution in [2.75, 3.05) is 56.6 Å². The highest BCUT2D eigenvalue weighted by Gasteiger charge is 2.50. The number of aliphatic hydroxyl groups is 1. The Morgan fingerprint density at radius 3 is 2.49 bits per heavy atom. The molecule has 2 aliphatic carbocycles. The molecule has 4 aromatic heterocycles. The molecule has 5 N–H and O–H groups in total. The molecule has 402 valence electrons. The van der Waals surface area contributed by atoms with E-state index in [0.29, 0.717) is 63.0 Å². The van der Waals surface area contributed by atoms with Crippen molar-refractivity contribution in [2.45, 2.75) is 107 Å². The van der Waals surface area contributed by atoms with E-state index in [-0.39, 0.29) is 63.0 Å². The molecule has 76 heavy (non-hydrogen) atoms.